The second-order valence-corrected chi connectivity index (χ2v) is 7.17. The molecule has 0 atom stereocenters. The lowest BCUT2D eigenvalue weighted by Crippen LogP contribution is -2.14. The molecular formula is C14H12ClN5OS2. The van der Waals surface area contributed by atoms with Crippen LogP contribution in [-0.4, -0.2) is 20.9 Å². The maximum Gasteiger partial charge on any atom is 0.279 e. The molecule has 0 aromatic carbocycles. The Morgan fingerprint density at radius 3 is 2.78 bits per heavy atom. The van der Waals surface area contributed by atoms with E-state index in [0.29, 0.717) is 26.5 Å². The van der Waals surface area contributed by atoms with Gasteiger partial charge < -0.3 is 5.32 Å². The number of pyridine rings is 1. The zero-order chi connectivity index (χ0) is 16.4. The second kappa shape index (κ2) is 6.61. The highest BCUT2D eigenvalue weighted by molar-refractivity contribution is 7.16. The first kappa shape index (κ1) is 15.9. The summed E-state index contributed by atoms with van der Waals surface area (Å²) in [4.78, 5) is 25.0. The lowest BCUT2D eigenvalue weighted by Gasteiger charge is -2.06. The van der Waals surface area contributed by atoms with Crippen LogP contribution in [0.2, 0.25) is 5.02 Å². The van der Waals surface area contributed by atoms with E-state index in [1.165, 1.54) is 22.7 Å². The molecule has 3 rings (SSSR count). The van der Waals surface area contributed by atoms with Crippen LogP contribution >= 0.6 is 34.3 Å². The molecule has 1 amide bonds. The van der Waals surface area contributed by atoms with E-state index >= 15 is 0 Å². The van der Waals surface area contributed by atoms with Crippen LogP contribution in [0.15, 0.2) is 23.8 Å². The molecule has 23 heavy (non-hydrogen) atoms. The summed E-state index contributed by atoms with van der Waals surface area (Å²) in [7, 11) is 0. The molecule has 0 aliphatic heterocycles. The number of rotatable bonds is 4. The van der Waals surface area contributed by atoms with E-state index in [2.05, 4.69) is 25.6 Å². The zero-order valence-corrected chi connectivity index (χ0v) is 14.6. The molecule has 9 heteroatoms. The third-order valence-electron chi connectivity index (χ3n) is 2.75. The Bertz CT molecular complexity index is 860. The van der Waals surface area contributed by atoms with Gasteiger partial charge in [0, 0.05) is 11.6 Å². The van der Waals surface area contributed by atoms with Crippen molar-refractivity contribution in [1.82, 2.24) is 15.0 Å². The summed E-state index contributed by atoms with van der Waals surface area (Å²) in [5.41, 5.74) is 1.88. The average Bonchev–Trinajstić information content (AvgIpc) is 3.05. The maximum absolute atomic E-state index is 12.4. The number of amides is 1. The zero-order valence-electron chi connectivity index (χ0n) is 12.3. The minimum Gasteiger partial charge on any atom is -0.344 e. The minimum atomic E-state index is -0.304. The average molecular weight is 366 g/mol. The standard InChI is InChI=1S/C14H12ClN5OS2/c1-7-6-22-14(17-7)20-12(21)11-13(23-8(2)18-11)19-10-3-9(15)4-16-5-10/h3-6,19H,1-2H3,(H,17,20,21). The number of nitrogens with one attached hydrogen (secondary N) is 2. The van der Waals surface area contributed by atoms with E-state index in [-0.39, 0.29) is 5.91 Å². The Balaban J connectivity index is 1.83. The Labute approximate surface area is 145 Å². The number of hydrogen-bond acceptors (Lipinski definition) is 7. The number of carbonyl (C=O) groups excluding carboxylic acids is 1. The highest BCUT2D eigenvalue weighted by atomic mass is 35.5. The number of thiazole rings is 2. The van der Waals surface area contributed by atoms with Crippen molar-refractivity contribution in [2.75, 3.05) is 10.6 Å². The molecule has 0 aliphatic rings. The molecule has 3 heterocycles. The van der Waals surface area contributed by atoms with Crippen LogP contribution in [0.4, 0.5) is 15.8 Å². The number of carbonyl (C=O) groups is 1. The molecule has 0 radical (unpaired) electrons. The summed E-state index contributed by atoms with van der Waals surface area (Å²) in [6, 6.07) is 1.73. The van der Waals surface area contributed by atoms with E-state index < -0.39 is 0 Å². The molecule has 0 spiro atoms. The monoisotopic (exact) mass is 365 g/mol. The van der Waals surface area contributed by atoms with Gasteiger partial charge in [-0.2, -0.15) is 0 Å². The summed E-state index contributed by atoms with van der Waals surface area (Å²) < 4.78 is 0. The Morgan fingerprint density at radius 1 is 1.26 bits per heavy atom. The minimum absolute atomic E-state index is 0.304. The topological polar surface area (TPSA) is 79.8 Å². The first-order chi connectivity index (χ1) is 11.0. The van der Waals surface area contributed by atoms with Crippen LogP contribution in [0.25, 0.3) is 0 Å². The molecule has 0 unspecified atom stereocenters. The number of hydrogen-bond donors (Lipinski definition) is 2. The lowest BCUT2D eigenvalue weighted by molar-refractivity contribution is 0.102. The molecule has 0 aliphatic carbocycles. The van der Waals surface area contributed by atoms with Crippen molar-refractivity contribution >= 4 is 56.0 Å². The molecule has 0 saturated carbocycles. The SMILES string of the molecule is Cc1csc(NC(=O)c2nc(C)sc2Nc2cncc(Cl)c2)n1. The number of halogens is 1. The van der Waals surface area contributed by atoms with Crippen LogP contribution in [0.1, 0.15) is 21.2 Å². The fourth-order valence-corrected chi connectivity index (χ4v) is 3.54. The molecule has 3 aromatic rings. The van der Waals surface area contributed by atoms with Crippen molar-refractivity contribution < 1.29 is 4.79 Å². The van der Waals surface area contributed by atoms with Gasteiger partial charge in [0.05, 0.1) is 27.6 Å². The van der Waals surface area contributed by atoms with Crippen LogP contribution in [0.3, 0.4) is 0 Å². The number of aryl methyl sites for hydroxylation is 2. The first-order valence-corrected chi connectivity index (χ1v) is 8.67. The Morgan fingerprint density at radius 2 is 2.09 bits per heavy atom. The van der Waals surface area contributed by atoms with E-state index in [1.807, 2.05) is 19.2 Å². The predicted molar refractivity (Wildman–Crippen MR) is 94.2 cm³/mol. The van der Waals surface area contributed by atoms with E-state index in [0.717, 1.165) is 10.7 Å². The number of anilines is 3. The van der Waals surface area contributed by atoms with Gasteiger partial charge in [-0.05, 0) is 19.9 Å². The van der Waals surface area contributed by atoms with Crippen molar-refractivity contribution in [2.24, 2.45) is 0 Å². The van der Waals surface area contributed by atoms with Crippen LogP contribution in [0, 0.1) is 13.8 Å². The second-order valence-electron chi connectivity index (χ2n) is 4.68. The van der Waals surface area contributed by atoms with Gasteiger partial charge >= 0.3 is 0 Å². The van der Waals surface area contributed by atoms with Gasteiger partial charge in [-0.25, -0.2) is 9.97 Å². The highest BCUT2D eigenvalue weighted by Gasteiger charge is 2.18. The molecule has 118 valence electrons. The van der Waals surface area contributed by atoms with Gasteiger partial charge in [-0.3, -0.25) is 15.1 Å². The van der Waals surface area contributed by atoms with Gasteiger partial charge in [0.1, 0.15) is 5.00 Å². The summed E-state index contributed by atoms with van der Waals surface area (Å²) in [6.45, 7) is 3.72. The van der Waals surface area contributed by atoms with Crippen LogP contribution in [0.5, 0.6) is 0 Å². The van der Waals surface area contributed by atoms with Crippen molar-refractivity contribution in [3.63, 3.8) is 0 Å². The van der Waals surface area contributed by atoms with Gasteiger partial charge in [0.15, 0.2) is 10.8 Å². The van der Waals surface area contributed by atoms with Crippen LogP contribution in [-0.2, 0) is 0 Å². The summed E-state index contributed by atoms with van der Waals surface area (Å²) in [5.74, 6) is -0.304. The number of nitrogens with zero attached hydrogens (tertiary/aromatic N) is 3. The normalized spacial score (nSPS) is 10.6. The lowest BCUT2D eigenvalue weighted by atomic mass is 10.4. The highest BCUT2D eigenvalue weighted by Crippen LogP contribution is 2.29. The van der Waals surface area contributed by atoms with Gasteiger partial charge in [0.2, 0.25) is 0 Å². The molecule has 2 N–H and O–H groups in total. The van der Waals surface area contributed by atoms with Crippen molar-refractivity contribution in [3.05, 3.63) is 45.3 Å². The van der Waals surface area contributed by atoms with Gasteiger partial charge in [0.25, 0.3) is 5.91 Å². The van der Waals surface area contributed by atoms with E-state index in [4.69, 9.17) is 11.6 Å². The summed E-state index contributed by atoms with van der Waals surface area (Å²) >= 11 is 8.69. The van der Waals surface area contributed by atoms with Gasteiger partial charge in [-0.1, -0.05) is 11.6 Å². The summed E-state index contributed by atoms with van der Waals surface area (Å²) in [5, 5.41) is 10.3. The quantitative estimate of drug-likeness (QED) is 0.722. The number of aromatic nitrogens is 3. The fraction of sp³-hybridized carbons (Fsp3) is 0.143. The molecule has 0 fully saturated rings. The van der Waals surface area contributed by atoms with Crippen molar-refractivity contribution in [2.45, 2.75) is 13.8 Å². The Hall–Kier alpha value is -2.03. The first-order valence-electron chi connectivity index (χ1n) is 6.60. The molecule has 0 saturated heterocycles. The summed E-state index contributed by atoms with van der Waals surface area (Å²) in [6.07, 6.45) is 3.18. The molecular weight excluding hydrogens is 354 g/mol. The molecule has 0 bridgehead atoms. The van der Waals surface area contributed by atoms with Crippen molar-refractivity contribution in [1.29, 1.82) is 0 Å². The largest absolute Gasteiger partial charge is 0.344 e. The smallest absolute Gasteiger partial charge is 0.279 e. The third-order valence-corrected chi connectivity index (χ3v) is 4.72. The van der Waals surface area contributed by atoms with E-state index in [1.54, 1.807) is 18.5 Å². The van der Waals surface area contributed by atoms with Crippen molar-refractivity contribution in [3.8, 4) is 0 Å². The molecule has 3 aromatic heterocycles. The maximum atomic E-state index is 12.4. The predicted octanol–water partition coefficient (Wildman–Crippen LogP) is 4.26. The Kier molecular flexibility index (Phi) is 4.56. The fourth-order valence-electron chi connectivity index (χ4n) is 1.84. The molecule has 6 nitrogen and oxygen atoms in total. The van der Waals surface area contributed by atoms with E-state index in [9.17, 15) is 4.79 Å². The third kappa shape index (κ3) is 3.84. The van der Waals surface area contributed by atoms with Gasteiger partial charge in [-0.15, -0.1) is 22.7 Å². The van der Waals surface area contributed by atoms with Crippen LogP contribution < -0.4 is 10.6 Å².